The van der Waals surface area contributed by atoms with Crippen LogP contribution in [0.2, 0.25) is 5.02 Å². The lowest BCUT2D eigenvalue weighted by atomic mass is 9.97. The van der Waals surface area contributed by atoms with Crippen molar-refractivity contribution >= 4 is 33.1 Å². The van der Waals surface area contributed by atoms with Gasteiger partial charge in [0.15, 0.2) is 15.8 Å². The summed E-state index contributed by atoms with van der Waals surface area (Å²) >= 11 is 6.00. The number of rotatable bonds is 1. The quantitative estimate of drug-likeness (QED) is 0.840. The fourth-order valence-electron chi connectivity index (χ4n) is 2.83. The van der Waals surface area contributed by atoms with E-state index in [0.29, 0.717) is 23.9 Å². The summed E-state index contributed by atoms with van der Waals surface area (Å²) in [5, 5.41) is 0.591. The first kappa shape index (κ1) is 12.7. The highest BCUT2D eigenvalue weighted by Gasteiger charge is 2.50. The van der Waals surface area contributed by atoms with E-state index in [-0.39, 0.29) is 11.5 Å². The molecule has 1 aromatic rings. The Balaban J connectivity index is 2.05. The Morgan fingerprint density at radius 2 is 2.21 bits per heavy atom. The maximum absolute atomic E-state index is 11.8. The van der Waals surface area contributed by atoms with E-state index in [1.807, 2.05) is 17.0 Å². The number of nitrogens with two attached hydrogens (primary N) is 1. The van der Waals surface area contributed by atoms with Crippen LogP contribution in [-0.4, -0.2) is 38.0 Å². The highest BCUT2D eigenvalue weighted by Crippen LogP contribution is 2.37. The average Bonchev–Trinajstić information content (AvgIpc) is 2.80. The number of anilines is 1. The van der Waals surface area contributed by atoms with Crippen molar-refractivity contribution in [1.82, 2.24) is 0 Å². The Morgan fingerprint density at radius 1 is 1.42 bits per heavy atom. The molecule has 2 N–H and O–H groups in total. The normalized spacial score (nSPS) is 28.9. The third-order valence-corrected chi connectivity index (χ3v) is 5.71. The maximum atomic E-state index is 11.8. The highest BCUT2D eigenvalue weighted by molar-refractivity contribution is 7.91. The number of nitrogens with zero attached hydrogens (tertiary/aromatic N) is 2. The van der Waals surface area contributed by atoms with Crippen LogP contribution in [0.3, 0.4) is 0 Å². The largest absolute Gasteiger partial charge is 0.369 e. The van der Waals surface area contributed by atoms with Gasteiger partial charge in [0.25, 0.3) is 0 Å². The summed E-state index contributed by atoms with van der Waals surface area (Å²) in [7, 11) is -3.02. The molecule has 102 valence electrons. The van der Waals surface area contributed by atoms with Crippen LogP contribution >= 0.6 is 11.6 Å². The third kappa shape index (κ3) is 2.08. The Kier molecular flexibility index (Phi) is 2.76. The molecule has 0 aliphatic carbocycles. The SMILES string of the molecule is NC1=NCC2(CCS(=O)(=O)C2)N1c1cccc(Cl)c1. The van der Waals surface area contributed by atoms with Crippen molar-refractivity contribution in [2.75, 3.05) is 23.0 Å². The van der Waals surface area contributed by atoms with Gasteiger partial charge < -0.3 is 10.6 Å². The molecule has 0 bridgehead atoms. The summed E-state index contributed by atoms with van der Waals surface area (Å²) in [6.45, 7) is 0.421. The van der Waals surface area contributed by atoms with E-state index in [1.54, 1.807) is 12.1 Å². The lowest BCUT2D eigenvalue weighted by molar-refractivity contribution is 0.513. The van der Waals surface area contributed by atoms with E-state index in [0.717, 1.165) is 5.69 Å². The fraction of sp³-hybridized carbons (Fsp3) is 0.417. The lowest BCUT2D eigenvalue weighted by Crippen LogP contribution is -2.53. The number of hydrogen-bond donors (Lipinski definition) is 1. The molecule has 7 heteroatoms. The molecule has 0 amide bonds. The predicted octanol–water partition coefficient (Wildman–Crippen LogP) is 1.03. The molecule has 0 aromatic heterocycles. The summed E-state index contributed by atoms with van der Waals surface area (Å²) in [4.78, 5) is 6.06. The van der Waals surface area contributed by atoms with Crippen molar-refractivity contribution in [3.63, 3.8) is 0 Å². The van der Waals surface area contributed by atoms with Crippen LogP contribution in [-0.2, 0) is 9.84 Å². The molecule has 2 aliphatic heterocycles. The van der Waals surface area contributed by atoms with Gasteiger partial charge in [-0.2, -0.15) is 0 Å². The highest BCUT2D eigenvalue weighted by atomic mass is 35.5. The molecule has 1 unspecified atom stereocenters. The van der Waals surface area contributed by atoms with E-state index >= 15 is 0 Å². The summed E-state index contributed by atoms with van der Waals surface area (Å²) < 4.78 is 23.6. The Labute approximate surface area is 117 Å². The van der Waals surface area contributed by atoms with Crippen LogP contribution in [0.1, 0.15) is 6.42 Å². The molecule has 1 atom stereocenters. The van der Waals surface area contributed by atoms with E-state index in [1.165, 1.54) is 0 Å². The molecule has 1 saturated heterocycles. The molecule has 1 spiro atoms. The van der Waals surface area contributed by atoms with Crippen LogP contribution in [0.5, 0.6) is 0 Å². The topological polar surface area (TPSA) is 75.8 Å². The van der Waals surface area contributed by atoms with E-state index in [9.17, 15) is 8.42 Å². The fourth-order valence-corrected chi connectivity index (χ4v) is 5.04. The molecule has 19 heavy (non-hydrogen) atoms. The standard InChI is InChI=1S/C12H14ClN3O2S/c13-9-2-1-3-10(6-9)16-11(14)15-7-12(16)4-5-19(17,18)8-12/h1-3,6H,4-5,7-8H2,(H2,14,15). The smallest absolute Gasteiger partial charge is 0.196 e. The first-order valence-electron chi connectivity index (χ1n) is 5.98. The van der Waals surface area contributed by atoms with Crippen molar-refractivity contribution in [2.45, 2.75) is 12.0 Å². The van der Waals surface area contributed by atoms with Gasteiger partial charge >= 0.3 is 0 Å². The predicted molar refractivity (Wildman–Crippen MR) is 76.4 cm³/mol. The minimum atomic E-state index is -3.02. The van der Waals surface area contributed by atoms with Crippen molar-refractivity contribution < 1.29 is 8.42 Å². The van der Waals surface area contributed by atoms with Crippen molar-refractivity contribution in [2.24, 2.45) is 10.7 Å². The summed E-state index contributed by atoms with van der Waals surface area (Å²) in [6, 6.07) is 7.24. The van der Waals surface area contributed by atoms with Crippen molar-refractivity contribution in [3.8, 4) is 0 Å². The average molecular weight is 300 g/mol. The molecule has 3 rings (SSSR count). The zero-order valence-corrected chi connectivity index (χ0v) is 11.8. The number of aliphatic imine (C=N–C) groups is 1. The van der Waals surface area contributed by atoms with Gasteiger partial charge in [0, 0.05) is 10.7 Å². The minimum Gasteiger partial charge on any atom is -0.369 e. The van der Waals surface area contributed by atoms with E-state index in [2.05, 4.69) is 4.99 Å². The molecule has 2 aliphatic rings. The van der Waals surface area contributed by atoms with Crippen molar-refractivity contribution in [3.05, 3.63) is 29.3 Å². The number of sulfone groups is 1. The molecule has 1 aromatic carbocycles. The van der Waals surface area contributed by atoms with Gasteiger partial charge in [-0.15, -0.1) is 0 Å². The van der Waals surface area contributed by atoms with Gasteiger partial charge in [0.2, 0.25) is 0 Å². The number of halogens is 1. The maximum Gasteiger partial charge on any atom is 0.196 e. The van der Waals surface area contributed by atoms with Gasteiger partial charge in [-0.3, -0.25) is 4.99 Å². The first-order chi connectivity index (χ1) is 8.92. The molecule has 0 saturated carbocycles. The Morgan fingerprint density at radius 3 is 2.84 bits per heavy atom. The van der Waals surface area contributed by atoms with Crippen LogP contribution in [0, 0.1) is 0 Å². The zero-order chi connectivity index (χ0) is 13.7. The van der Waals surface area contributed by atoms with Crippen LogP contribution in [0.15, 0.2) is 29.3 Å². The van der Waals surface area contributed by atoms with Gasteiger partial charge in [-0.1, -0.05) is 17.7 Å². The lowest BCUT2D eigenvalue weighted by Gasteiger charge is -2.35. The van der Waals surface area contributed by atoms with E-state index in [4.69, 9.17) is 17.3 Å². The zero-order valence-electron chi connectivity index (χ0n) is 10.2. The van der Waals surface area contributed by atoms with Crippen LogP contribution in [0.4, 0.5) is 5.69 Å². The van der Waals surface area contributed by atoms with Gasteiger partial charge in [0.1, 0.15) is 0 Å². The Bertz CT molecular complexity index is 659. The number of benzene rings is 1. The second-order valence-electron chi connectivity index (χ2n) is 5.06. The van der Waals surface area contributed by atoms with Crippen LogP contribution < -0.4 is 10.6 Å². The van der Waals surface area contributed by atoms with Crippen LogP contribution in [0.25, 0.3) is 0 Å². The minimum absolute atomic E-state index is 0.0940. The first-order valence-corrected chi connectivity index (χ1v) is 8.18. The summed E-state index contributed by atoms with van der Waals surface area (Å²) in [6.07, 6.45) is 0.548. The number of hydrogen-bond acceptors (Lipinski definition) is 5. The number of guanidine groups is 1. The second kappa shape index (κ2) is 4.11. The monoisotopic (exact) mass is 299 g/mol. The molecular formula is C12H14ClN3O2S. The molecule has 1 fully saturated rings. The molecule has 5 nitrogen and oxygen atoms in total. The van der Waals surface area contributed by atoms with Gasteiger partial charge in [0.05, 0.1) is 23.6 Å². The molecular weight excluding hydrogens is 286 g/mol. The van der Waals surface area contributed by atoms with Crippen molar-refractivity contribution in [1.29, 1.82) is 0 Å². The molecule has 2 heterocycles. The summed E-state index contributed by atoms with van der Waals surface area (Å²) in [5.41, 5.74) is 6.20. The van der Waals surface area contributed by atoms with Gasteiger partial charge in [-0.25, -0.2) is 8.42 Å². The van der Waals surface area contributed by atoms with Gasteiger partial charge in [-0.05, 0) is 24.6 Å². The Hall–Kier alpha value is -1.27. The molecule has 0 radical (unpaired) electrons. The van der Waals surface area contributed by atoms with E-state index < -0.39 is 15.4 Å². The third-order valence-electron chi connectivity index (χ3n) is 3.67. The summed E-state index contributed by atoms with van der Waals surface area (Å²) in [5.74, 6) is 0.642. The second-order valence-corrected chi connectivity index (χ2v) is 7.68.